The van der Waals surface area contributed by atoms with Crippen molar-refractivity contribution < 1.29 is 67.1 Å². The van der Waals surface area contributed by atoms with Gasteiger partial charge in [-0.1, -0.05) is 17.3 Å². The van der Waals surface area contributed by atoms with Gasteiger partial charge >= 0.3 is 36.3 Å². The van der Waals surface area contributed by atoms with E-state index in [-0.39, 0.29) is 42.2 Å². The molecule has 1 aliphatic heterocycles. The lowest BCUT2D eigenvalue weighted by Crippen LogP contribution is -2.52. The number of benzene rings is 1. The highest BCUT2D eigenvalue weighted by molar-refractivity contribution is 7.14. The third-order valence-electron chi connectivity index (χ3n) is 7.51. The predicted octanol–water partition coefficient (Wildman–Crippen LogP) is 7.49. The van der Waals surface area contributed by atoms with E-state index in [1.165, 1.54) is 10.3 Å². The summed E-state index contributed by atoms with van der Waals surface area (Å²) in [4.78, 5) is 94.2. The highest BCUT2D eigenvalue weighted by atomic mass is 32.1. The van der Waals surface area contributed by atoms with Crippen molar-refractivity contribution in [3.63, 3.8) is 0 Å². The van der Waals surface area contributed by atoms with Crippen LogP contribution in [-0.4, -0.2) is 128 Å². The first kappa shape index (κ1) is 53.2. The molecule has 1 aromatic carbocycles. The number of anilines is 1. The first-order valence-corrected chi connectivity index (χ1v) is 21.5. The molecule has 2 heterocycles. The monoisotopic (exact) mass is 933 g/mol. The molecular weight excluding hydrogens is 871 g/mol. The molecule has 65 heavy (non-hydrogen) atoms. The highest BCUT2D eigenvalue weighted by Gasteiger charge is 2.40. The van der Waals surface area contributed by atoms with Gasteiger partial charge in [0.05, 0.1) is 12.6 Å². The quantitative estimate of drug-likeness (QED) is 0.0761. The van der Waals surface area contributed by atoms with Gasteiger partial charge in [0.25, 0.3) is 6.10 Å². The predicted molar refractivity (Wildman–Crippen MR) is 239 cm³/mol. The fourth-order valence-corrected chi connectivity index (χ4v) is 5.84. The van der Waals surface area contributed by atoms with Gasteiger partial charge in [0, 0.05) is 18.5 Å². The lowest BCUT2D eigenvalue weighted by atomic mass is 10.1. The fraction of sp³-hybridized carbons (Fsp3) is 0.605. The molecule has 0 fully saturated rings. The van der Waals surface area contributed by atoms with Gasteiger partial charge < -0.3 is 43.7 Å². The number of alkyl carbamates (subject to hydrolysis) is 1. The summed E-state index contributed by atoms with van der Waals surface area (Å²) in [6.07, 6.45) is -4.67. The second kappa shape index (κ2) is 21.2. The number of nitrogens with zero attached hydrogens (tertiary/aromatic N) is 5. The van der Waals surface area contributed by atoms with Crippen molar-refractivity contribution in [2.45, 2.75) is 144 Å². The van der Waals surface area contributed by atoms with E-state index in [0.717, 1.165) is 16.2 Å². The lowest BCUT2D eigenvalue weighted by Gasteiger charge is -2.31. The van der Waals surface area contributed by atoms with E-state index in [9.17, 15) is 33.9 Å². The van der Waals surface area contributed by atoms with Crippen LogP contribution in [0.2, 0.25) is 0 Å². The smallest absolute Gasteiger partial charge is 0.417 e. The van der Waals surface area contributed by atoms with Crippen molar-refractivity contribution in [1.82, 2.24) is 20.1 Å². The molecule has 4 amide bonds. The van der Waals surface area contributed by atoms with Gasteiger partial charge in [-0.2, -0.15) is 0 Å². The van der Waals surface area contributed by atoms with E-state index in [1.807, 2.05) is 0 Å². The Morgan fingerprint density at radius 2 is 1.35 bits per heavy atom. The van der Waals surface area contributed by atoms with Crippen LogP contribution in [0.25, 0.3) is 0 Å². The molecule has 0 spiro atoms. The van der Waals surface area contributed by atoms with E-state index in [2.05, 4.69) is 20.8 Å². The summed E-state index contributed by atoms with van der Waals surface area (Å²) in [6, 6.07) is 5.75. The first-order chi connectivity index (χ1) is 29.7. The Morgan fingerprint density at radius 1 is 0.800 bits per heavy atom. The minimum absolute atomic E-state index is 0.0312. The number of carboxylic acid groups (broad SMARTS) is 1. The number of aliphatic carboxylic acids is 1. The Balaban J connectivity index is 1.89. The molecular formula is C43H63N7O14S. The number of aromatic nitrogens is 1. The Bertz CT molecular complexity index is 2090. The number of carboxylic acids is 1. The molecule has 360 valence electrons. The number of hydrogen-bond donors (Lipinski definition) is 3. The molecule has 21 nitrogen and oxygen atoms in total. The molecule has 0 saturated heterocycles. The number of aliphatic imine (C=N–C) groups is 1. The van der Waals surface area contributed by atoms with Crippen molar-refractivity contribution in [3.8, 4) is 5.75 Å². The van der Waals surface area contributed by atoms with Crippen molar-refractivity contribution in [3.05, 3.63) is 40.9 Å². The number of thiazole rings is 1. The number of rotatable bonds is 13. The summed E-state index contributed by atoms with van der Waals surface area (Å²) in [5, 5.41) is 20.1. The van der Waals surface area contributed by atoms with Gasteiger partial charge in [0.2, 0.25) is 11.7 Å². The average Bonchev–Trinajstić information content (AvgIpc) is 3.75. The summed E-state index contributed by atoms with van der Waals surface area (Å²) >= 11 is 0.915. The number of ether oxygens (including phenoxy) is 6. The van der Waals surface area contributed by atoms with E-state index in [4.69, 9.17) is 38.3 Å². The van der Waals surface area contributed by atoms with Crippen molar-refractivity contribution in [1.29, 1.82) is 0 Å². The van der Waals surface area contributed by atoms with E-state index < -0.39 is 88.8 Å². The van der Waals surface area contributed by atoms with Crippen molar-refractivity contribution >= 4 is 64.5 Å². The van der Waals surface area contributed by atoms with Gasteiger partial charge in [0.1, 0.15) is 46.1 Å². The lowest BCUT2D eigenvalue weighted by molar-refractivity contribution is -0.170. The second-order valence-corrected chi connectivity index (χ2v) is 20.4. The van der Waals surface area contributed by atoms with Crippen LogP contribution in [0.3, 0.4) is 0 Å². The van der Waals surface area contributed by atoms with Crippen LogP contribution in [0.1, 0.15) is 121 Å². The highest BCUT2D eigenvalue weighted by Crippen LogP contribution is 2.30. The molecule has 2 unspecified atom stereocenters. The Kier molecular flexibility index (Phi) is 17.3. The molecule has 3 rings (SSSR count). The van der Waals surface area contributed by atoms with Crippen molar-refractivity contribution in [2.24, 2.45) is 10.1 Å². The van der Waals surface area contributed by atoms with Crippen LogP contribution < -0.4 is 15.4 Å². The second-order valence-electron chi connectivity index (χ2n) is 19.5. The number of hydrogen-bond acceptors (Lipinski definition) is 17. The van der Waals surface area contributed by atoms with Gasteiger partial charge in [-0.05, 0) is 122 Å². The average molecular weight is 934 g/mol. The number of guanidine groups is 1. The van der Waals surface area contributed by atoms with Gasteiger partial charge in [0.15, 0.2) is 5.13 Å². The summed E-state index contributed by atoms with van der Waals surface area (Å²) in [5.41, 5.74) is -4.58. The molecule has 2 atom stereocenters. The maximum atomic E-state index is 13.7. The SMILES string of the molecule is CC(C)(C)OC(=O)NCCN(C(=O)OC(C)(C)C)C1=NC(c2ccc(OCC(ON=C(C(=O)O)c3csc(NC(=O)OC(C)(C)C)n3)C(=O)OC(C)(C)C)cc2)CN1C(=O)OC(C)(C)C. The van der Waals surface area contributed by atoms with E-state index in [1.54, 1.807) is 128 Å². The minimum Gasteiger partial charge on any atom is -0.489 e. The standard InChI is InChI=1S/C43H63N7O14S/c1-39(2,3)59-32(53)29(64-48-30(31(51)52)28-24-65-33(45-28)47-36(55)61-41(7,8)9)23-58-26-18-16-25(17-19-26)27-22-50(38(57)63-43(13,14)15)34(46-27)49(37(56)62-42(10,11)12)21-20-44-35(54)60-40(4,5)6/h16-19,24,27,29H,20-23H2,1-15H3,(H,44,54)(H,51,52)(H,45,47,55). The topological polar surface area (TPSA) is 255 Å². The number of oxime groups is 1. The first-order valence-electron chi connectivity index (χ1n) is 20.6. The van der Waals surface area contributed by atoms with Gasteiger partial charge in [-0.3, -0.25) is 5.32 Å². The molecule has 3 N–H and O–H groups in total. The molecule has 0 bridgehead atoms. The van der Waals surface area contributed by atoms with Crippen LogP contribution in [0.4, 0.5) is 24.3 Å². The van der Waals surface area contributed by atoms with Gasteiger partial charge in [-0.15, -0.1) is 11.3 Å². The van der Waals surface area contributed by atoms with Crippen LogP contribution >= 0.6 is 11.3 Å². The molecule has 0 aliphatic carbocycles. The molecule has 1 aromatic heterocycles. The minimum atomic E-state index is -1.56. The number of amides is 4. The summed E-state index contributed by atoms with van der Waals surface area (Å²) < 4.78 is 33.3. The number of nitrogens with one attached hydrogen (secondary N) is 2. The Labute approximate surface area is 383 Å². The zero-order valence-corrected chi connectivity index (χ0v) is 40.6. The van der Waals surface area contributed by atoms with Crippen LogP contribution in [0.15, 0.2) is 39.8 Å². The van der Waals surface area contributed by atoms with Crippen LogP contribution in [-0.2, 0) is 38.1 Å². The molecule has 0 saturated carbocycles. The summed E-state index contributed by atoms with van der Waals surface area (Å²) in [5.74, 6) is -2.26. The molecule has 1 aliphatic rings. The summed E-state index contributed by atoms with van der Waals surface area (Å²) in [7, 11) is 0. The van der Waals surface area contributed by atoms with E-state index >= 15 is 0 Å². The van der Waals surface area contributed by atoms with Crippen molar-refractivity contribution in [2.75, 3.05) is 31.6 Å². The Morgan fingerprint density at radius 3 is 1.89 bits per heavy atom. The molecule has 2 aromatic rings. The van der Waals surface area contributed by atoms with Crippen LogP contribution in [0, 0.1) is 0 Å². The molecule has 22 heteroatoms. The fourth-order valence-electron chi connectivity index (χ4n) is 5.16. The molecule has 0 radical (unpaired) electrons. The number of carbonyl (C=O) groups excluding carboxylic acids is 5. The number of esters is 1. The maximum Gasteiger partial charge on any atom is 0.417 e. The zero-order chi connectivity index (χ0) is 49.3. The van der Waals surface area contributed by atoms with E-state index in [0.29, 0.717) is 5.56 Å². The Hall–Kier alpha value is -6.19. The normalized spacial score (nSPS) is 15.2. The van der Waals surface area contributed by atoms with Crippen LogP contribution in [0.5, 0.6) is 5.75 Å². The third-order valence-corrected chi connectivity index (χ3v) is 8.26. The summed E-state index contributed by atoms with van der Waals surface area (Å²) in [6.45, 7) is 24.5. The zero-order valence-electron chi connectivity index (χ0n) is 39.8. The third kappa shape index (κ3) is 18.8. The van der Waals surface area contributed by atoms with Gasteiger partial charge in [-0.25, -0.2) is 48.5 Å². The maximum absolute atomic E-state index is 13.7. The number of carbonyl (C=O) groups is 6. The largest absolute Gasteiger partial charge is 0.489 e.